The van der Waals surface area contributed by atoms with Crippen LogP contribution >= 0.6 is 11.6 Å². The maximum absolute atomic E-state index is 11.0. The average Bonchev–Trinajstić information content (AvgIpc) is 2.15. The zero-order valence-electron chi connectivity index (χ0n) is 9.93. The molecule has 0 saturated heterocycles. The van der Waals surface area contributed by atoms with Gasteiger partial charge in [-0.15, -0.1) is 11.6 Å². The molecule has 1 aromatic heterocycles. The number of halogens is 1. The summed E-state index contributed by atoms with van der Waals surface area (Å²) >= 11 is 6.16. The molecule has 0 radical (unpaired) electrons. The summed E-state index contributed by atoms with van der Waals surface area (Å²) in [6, 6.07) is 3.10. The van der Waals surface area contributed by atoms with Crippen molar-refractivity contribution >= 4 is 21.6 Å². The number of aromatic nitrogens is 1. The average molecular weight is 277 g/mol. The van der Waals surface area contributed by atoms with Crippen LogP contribution in [0.5, 0.6) is 0 Å². The number of alkyl halides is 1. The van der Waals surface area contributed by atoms with E-state index in [-0.39, 0.29) is 10.3 Å². The van der Waals surface area contributed by atoms with Crippen LogP contribution < -0.4 is 5.14 Å². The molecule has 0 aliphatic carbocycles. The predicted octanol–water partition coefficient (Wildman–Crippen LogP) is 1.92. The molecule has 1 heterocycles. The van der Waals surface area contributed by atoms with Gasteiger partial charge in [-0.05, 0) is 24.5 Å². The second kappa shape index (κ2) is 5.80. The maximum atomic E-state index is 11.0. The van der Waals surface area contributed by atoms with Gasteiger partial charge in [0.2, 0.25) is 10.0 Å². The zero-order valence-corrected chi connectivity index (χ0v) is 11.5. The molecule has 1 rings (SSSR count). The lowest BCUT2D eigenvalue weighted by Crippen LogP contribution is -2.13. The Hall–Kier alpha value is -0.650. The molecule has 0 spiro atoms. The quantitative estimate of drug-likeness (QED) is 0.835. The highest BCUT2D eigenvalue weighted by Crippen LogP contribution is 2.15. The van der Waals surface area contributed by atoms with E-state index in [9.17, 15) is 8.42 Å². The Labute approximate surface area is 107 Å². The topological polar surface area (TPSA) is 73.1 Å². The van der Waals surface area contributed by atoms with Crippen LogP contribution in [0.25, 0.3) is 0 Å². The van der Waals surface area contributed by atoms with Crippen LogP contribution in [0.1, 0.15) is 26.0 Å². The summed E-state index contributed by atoms with van der Waals surface area (Å²) in [5, 5.41) is 5.00. The molecule has 0 saturated carbocycles. The second-order valence-electron chi connectivity index (χ2n) is 4.46. The van der Waals surface area contributed by atoms with Gasteiger partial charge in [0.25, 0.3) is 0 Å². The van der Waals surface area contributed by atoms with Crippen molar-refractivity contribution in [2.75, 3.05) is 0 Å². The summed E-state index contributed by atoms with van der Waals surface area (Å²) in [4.78, 5) is 4.07. The van der Waals surface area contributed by atoms with Gasteiger partial charge in [0.05, 0.1) is 0 Å². The first-order valence-corrected chi connectivity index (χ1v) is 7.39. The van der Waals surface area contributed by atoms with Crippen molar-refractivity contribution in [3.8, 4) is 0 Å². The van der Waals surface area contributed by atoms with E-state index in [1.165, 1.54) is 12.3 Å². The fourth-order valence-electron chi connectivity index (χ4n) is 1.52. The van der Waals surface area contributed by atoms with Crippen LogP contribution in [-0.4, -0.2) is 18.8 Å². The Balaban J connectivity index is 2.69. The molecule has 0 fully saturated rings. The lowest BCUT2D eigenvalue weighted by atomic mass is 10.0. The lowest BCUT2D eigenvalue weighted by molar-refractivity contribution is 0.558. The fraction of sp³-hybridized carbons (Fsp3) is 0.545. The number of primary sulfonamides is 1. The SMILES string of the molecule is CC(C)CC(Cl)Cc1ccc(S(N)(=O)=O)cn1. The van der Waals surface area contributed by atoms with E-state index in [0.29, 0.717) is 12.3 Å². The number of sulfonamides is 1. The molecule has 1 atom stereocenters. The Morgan fingerprint density at radius 3 is 2.47 bits per heavy atom. The van der Waals surface area contributed by atoms with Crippen LogP contribution in [0.4, 0.5) is 0 Å². The van der Waals surface area contributed by atoms with Gasteiger partial charge < -0.3 is 0 Å². The van der Waals surface area contributed by atoms with Crippen LogP contribution in [0.3, 0.4) is 0 Å². The summed E-state index contributed by atoms with van der Waals surface area (Å²) < 4.78 is 22.0. The fourth-order valence-corrected chi connectivity index (χ4v) is 2.49. The molecule has 0 aliphatic rings. The van der Waals surface area contributed by atoms with Crippen molar-refractivity contribution in [2.45, 2.75) is 37.0 Å². The number of hydrogen-bond donors (Lipinski definition) is 1. The largest absolute Gasteiger partial charge is 0.260 e. The first kappa shape index (κ1) is 14.4. The van der Waals surface area contributed by atoms with Gasteiger partial charge in [-0.2, -0.15) is 0 Å². The van der Waals surface area contributed by atoms with Gasteiger partial charge in [-0.25, -0.2) is 13.6 Å². The van der Waals surface area contributed by atoms with Gasteiger partial charge in [0.15, 0.2) is 0 Å². The Kier molecular flexibility index (Phi) is 4.91. The van der Waals surface area contributed by atoms with E-state index in [0.717, 1.165) is 12.1 Å². The van der Waals surface area contributed by atoms with Crippen molar-refractivity contribution in [3.63, 3.8) is 0 Å². The summed E-state index contributed by atoms with van der Waals surface area (Å²) in [7, 11) is -3.66. The van der Waals surface area contributed by atoms with E-state index in [4.69, 9.17) is 16.7 Å². The number of nitrogens with two attached hydrogens (primary N) is 1. The van der Waals surface area contributed by atoms with E-state index in [2.05, 4.69) is 18.8 Å². The van der Waals surface area contributed by atoms with Crippen molar-refractivity contribution in [1.82, 2.24) is 4.98 Å². The van der Waals surface area contributed by atoms with Crippen LogP contribution in [0.15, 0.2) is 23.2 Å². The van der Waals surface area contributed by atoms with Gasteiger partial charge in [0.1, 0.15) is 4.90 Å². The van der Waals surface area contributed by atoms with Crippen molar-refractivity contribution in [2.24, 2.45) is 11.1 Å². The first-order valence-electron chi connectivity index (χ1n) is 5.41. The molecule has 0 amide bonds. The predicted molar refractivity (Wildman–Crippen MR) is 68.4 cm³/mol. The first-order chi connectivity index (χ1) is 7.79. The van der Waals surface area contributed by atoms with E-state index in [1.54, 1.807) is 6.07 Å². The molecule has 0 aromatic carbocycles. The molecule has 1 unspecified atom stereocenters. The molecule has 96 valence electrons. The highest BCUT2D eigenvalue weighted by atomic mass is 35.5. The maximum Gasteiger partial charge on any atom is 0.239 e. The summed E-state index contributed by atoms with van der Waals surface area (Å²) in [5.74, 6) is 0.529. The number of rotatable bonds is 5. The smallest absolute Gasteiger partial charge is 0.239 e. The van der Waals surface area contributed by atoms with Crippen molar-refractivity contribution in [1.29, 1.82) is 0 Å². The Bertz CT molecular complexity index is 457. The van der Waals surface area contributed by atoms with E-state index >= 15 is 0 Å². The molecule has 0 bridgehead atoms. The second-order valence-corrected chi connectivity index (χ2v) is 6.64. The molecular weight excluding hydrogens is 260 g/mol. The monoisotopic (exact) mass is 276 g/mol. The molecular formula is C11H17ClN2O2S. The standard InChI is InChI=1S/C11H17ClN2O2S/c1-8(2)5-9(12)6-10-3-4-11(7-14-10)17(13,15)16/h3-4,7-9H,5-6H2,1-2H3,(H2,13,15,16). The third kappa shape index (κ3) is 5.02. The summed E-state index contributed by atoms with van der Waals surface area (Å²) in [6.07, 6.45) is 2.80. The van der Waals surface area contributed by atoms with E-state index in [1.807, 2.05) is 0 Å². The minimum Gasteiger partial charge on any atom is -0.260 e. The number of pyridine rings is 1. The Morgan fingerprint density at radius 2 is 2.06 bits per heavy atom. The minimum atomic E-state index is -3.66. The molecule has 1 aromatic rings. The van der Waals surface area contributed by atoms with Crippen LogP contribution in [0.2, 0.25) is 0 Å². The number of nitrogens with zero attached hydrogens (tertiary/aromatic N) is 1. The van der Waals surface area contributed by atoms with Gasteiger partial charge in [-0.3, -0.25) is 4.98 Å². The summed E-state index contributed by atoms with van der Waals surface area (Å²) in [5.41, 5.74) is 0.776. The van der Waals surface area contributed by atoms with E-state index < -0.39 is 10.0 Å². The normalized spacial score (nSPS) is 13.9. The van der Waals surface area contributed by atoms with Gasteiger partial charge in [0, 0.05) is 23.7 Å². The molecule has 2 N–H and O–H groups in total. The van der Waals surface area contributed by atoms with Crippen LogP contribution in [-0.2, 0) is 16.4 Å². The molecule has 6 heteroatoms. The third-order valence-electron chi connectivity index (χ3n) is 2.28. The highest BCUT2D eigenvalue weighted by molar-refractivity contribution is 7.89. The summed E-state index contributed by atoms with van der Waals surface area (Å²) in [6.45, 7) is 4.21. The lowest BCUT2D eigenvalue weighted by Gasteiger charge is -2.11. The Morgan fingerprint density at radius 1 is 1.41 bits per heavy atom. The van der Waals surface area contributed by atoms with Crippen LogP contribution in [0, 0.1) is 5.92 Å². The third-order valence-corrected chi connectivity index (χ3v) is 3.51. The van der Waals surface area contributed by atoms with Crippen molar-refractivity contribution < 1.29 is 8.42 Å². The van der Waals surface area contributed by atoms with Gasteiger partial charge in [-0.1, -0.05) is 13.8 Å². The number of hydrogen-bond acceptors (Lipinski definition) is 3. The molecule has 17 heavy (non-hydrogen) atoms. The molecule has 0 aliphatic heterocycles. The van der Waals surface area contributed by atoms with Crippen molar-refractivity contribution in [3.05, 3.63) is 24.0 Å². The highest BCUT2D eigenvalue weighted by Gasteiger charge is 2.11. The molecule has 4 nitrogen and oxygen atoms in total. The zero-order chi connectivity index (χ0) is 13.1. The van der Waals surface area contributed by atoms with Gasteiger partial charge >= 0.3 is 0 Å². The minimum absolute atomic E-state index is 0.0165.